The van der Waals surface area contributed by atoms with E-state index in [-0.39, 0.29) is 11.8 Å². The third kappa shape index (κ3) is 1.87. The molecule has 2 nitrogen and oxygen atoms in total. The molecule has 0 spiro atoms. The second kappa shape index (κ2) is 4.94. The molecule has 0 aliphatic heterocycles. The molecule has 2 N–H and O–H groups in total. The summed E-state index contributed by atoms with van der Waals surface area (Å²) in [6.45, 7) is 0. The lowest BCUT2D eigenvalue weighted by molar-refractivity contribution is -0.0357. The first-order valence-electron chi connectivity index (χ1n) is 8.20. The van der Waals surface area contributed by atoms with Crippen LogP contribution in [0.3, 0.4) is 0 Å². The molecule has 0 saturated heterocycles. The number of benzene rings is 2. The van der Waals surface area contributed by atoms with Crippen LogP contribution >= 0.6 is 0 Å². The Balaban J connectivity index is 1.70. The molecule has 2 fully saturated rings. The first kappa shape index (κ1) is 14.0. The summed E-state index contributed by atoms with van der Waals surface area (Å²) < 4.78 is 0. The molecule has 2 aliphatic carbocycles. The highest BCUT2D eigenvalue weighted by molar-refractivity contribution is 5.31. The zero-order chi connectivity index (χ0) is 15.2. The van der Waals surface area contributed by atoms with Crippen molar-refractivity contribution in [3.05, 3.63) is 71.8 Å². The van der Waals surface area contributed by atoms with E-state index in [1.807, 2.05) is 60.7 Å². The lowest BCUT2D eigenvalue weighted by Gasteiger charge is -2.33. The Labute approximate surface area is 131 Å². The summed E-state index contributed by atoms with van der Waals surface area (Å²) in [6.07, 6.45) is 3.23. The van der Waals surface area contributed by atoms with Gasteiger partial charge in [0.1, 0.15) is 0 Å². The van der Waals surface area contributed by atoms with E-state index in [0.717, 1.165) is 36.8 Å². The van der Waals surface area contributed by atoms with Crippen molar-refractivity contribution >= 4 is 0 Å². The molecule has 0 bridgehead atoms. The van der Waals surface area contributed by atoms with Crippen LogP contribution in [0.4, 0.5) is 0 Å². The molecule has 4 atom stereocenters. The molecule has 2 aliphatic rings. The van der Waals surface area contributed by atoms with Crippen molar-refractivity contribution in [1.82, 2.24) is 0 Å². The van der Waals surface area contributed by atoms with Crippen molar-refractivity contribution in [2.24, 2.45) is 11.8 Å². The molecule has 2 heteroatoms. The molecule has 2 saturated carbocycles. The van der Waals surface area contributed by atoms with Crippen LogP contribution in [-0.4, -0.2) is 10.2 Å². The van der Waals surface area contributed by atoms with Gasteiger partial charge in [-0.25, -0.2) is 0 Å². The molecular formula is C20H22O2. The van der Waals surface area contributed by atoms with E-state index in [2.05, 4.69) is 0 Å². The second-order valence-electron chi connectivity index (χ2n) is 6.87. The minimum absolute atomic E-state index is 0.139. The van der Waals surface area contributed by atoms with Crippen molar-refractivity contribution in [3.8, 4) is 0 Å². The highest BCUT2D eigenvalue weighted by atomic mass is 16.3. The molecule has 0 heterocycles. The van der Waals surface area contributed by atoms with Gasteiger partial charge >= 0.3 is 0 Å². The smallest absolute Gasteiger partial charge is 0.0928 e. The van der Waals surface area contributed by atoms with Gasteiger partial charge in [-0.2, -0.15) is 0 Å². The summed E-state index contributed by atoms with van der Waals surface area (Å²) in [4.78, 5) is 0. The lowest BCUT2D eigenvalue weighted by Crippen LogP contribution is -2.35. The van der Waals surface area contributed by atoms with E-state index in [1.54, 1.807) is 0 Å². The summed E-state index contributed by atoms with van der Waals surface area (Å²) in [5, 5.41) is 22.6. The Morgan fingerprint density at radius 2 is 1.00 bits per heavy atom. The number of fused-ring (bicyclic) bond motifs is 1. The average molecular weight is 294 g/mol. The number of hydrogen-bond donors (Lipinski definition) is 2. The highest BCUT2D eigenvalue weighted by Gasteiger charge is 2.59. The predicted molar refractivity (Wildman–Crippen MR) is 86.1 cm³/mol. The molecule has 0 radical (unpaired) electrons. The second-order valence-corrected chi connectivity index (χ2v) is 6.87. The fourth-order valence-corrected chi connectivity index (χ4v) is 4.84. The van der Waals surface area contributed by atoms with E-state index >= 15 is 0 Å². The van der Waals surface area contributed by atoms with Crippen LogP contribution in [0.25, 0.3) is 0 Å². The minimum Gasteiger partial charge on any atom is -0.385 e. The predicted octanol–water partition coefficient (Wildman–Crippen LogP) is 3.58. The molecule has 2 aromatic carbocycles. The largest absolute Gasteiger partial charge is 0.385 e. The van der Waals surface area contributed by atoms with Crippen LogP contribution in [0.2, 0.25) is 0 Å². The Hall–Kier alpha value is -1.64. The van der Waals surface area contributed by atoms with Crippen molar-refractivity contribution < 1.29 is 10.2 Å². The standard InChI is InChI=1S/C20H22O2/c21-19(15-7-3-1-4-8-15)13-11-18-17(19)12-14-20(18,22)16-9-5-2-6-10-16/h1-10,17-18,21-22H,11-14H2/t17-,18-,19-,20-/m0/s1. The van der Waals surface area contributed by atoms with Gasteiger partial charge in [-0.15, -0.1) is 0 Å². The van der Waals surface area contributed by atoms with Crippen molar-refractivity contribution in [1.29, 1.82) is 0 Å². The first-order chi connectivity index (χ1) is 10.6. The monoisotopic (exact) mass is 294 g/mol. The molecule has 0 aromatic heterocycles. The van der Waals surface area contributed by atoms with Gasteiger partial charge in [0.15, 0.2) is 0 Å². The quantitative estimate of drug-likeness (QED) is 0.888. The third-order valence-electron chi connectivity index (χ3n) is 5.93. The molecule has 4 rings (SSSR count). The minimum atomic E-state index is -0.787. The average Bonchev–Trinajstić information content (AvgIpc) is 3.10. The van der Waals surface area contributed by atoms with Crippen LogP contribution in [0, 0.1) is 11.8 Å². The highest BCUT2D eigenvalue weighted by Crippen LogP contribution is 2.60. The van der Waals surface area contributed by atoms with E-state index in [4.69, 9.17) is 0 Å². The number of aliphatic hydroxyl groups is 2. The van der Waals surface area contributed by atoms with Crippen molar-refractivity contribution in [2.75, 3.05) is 0 Å². The van der Waals surface area contributed by atoms with E-state index < -0.39 is 11.2 Å². The lowest BCUT2D eigenvalue weighted by atomic mass is 9.78. The van der Waals surface area contributed by atoms with Gasteiger partial charge < -0.3 is 10.2 Å². The van der Waals surface area contributed by atoms with Crippen LogP contribution in [-0.2, 0) is 11.2 Å². The topological polar surface area (TPSA) is 40.5 Å². The number of hydrogen-bond acceptors (Lipinski definition) is 2. The van der Waals surface area contributed by atoms with Crippen LogP contribution in [0.5, 0.6) is 0 Å². The Morgan fingerprint density at radius 3 is 1.36 bits per heavy atom. The summed E-state index contributed by atoms with van der Waals surface area (Å²) in [5.41, 5.74) is 0.427. The Kier molecular flexibility index (Phi) is 3.14. The molecule has 22 heavy (non-hydrogen) atoms. The summed E-state index contributed by atoms with van der Waals surface area (Å²) in [7, 11) is 0. The fourth-order valence-electron chi connectivity index (χ4n) is 4.84. The van der Waals surface area contributed by atoms with E-state index in [9.17, 15) is 10.2 Å². The van der Waals surface area contributed by atoms with Crippen molar-refractivity contribution in [2.45, 2.75) is 36.9 Å². The van der Waals surface area contributed by atoms with Gasteiger partial charge in [0.2, 0.25) is 0 Å². The van der Waals surface area contributed by atoms with Gasteiger partial charge in [0.25, 0.3) is 0 Å². The number of rotatable bonds is 2. The maximum Gasteiger partial charge on any atom is 0.0928 e. The van der Waals surface area contributed by atoms with Crippen LogP contribution < -0.4 is 0 Å². The van der Waals surface area contributed by atoms with Crippen molar-refractivity contribution in [3.63, 3.8) is 0 Å². The maximum atomic E-state index is 11.3. The summed E-state index contributed by atoms with van der Waals surface area (Å²) in [5.74, 6) is 0.278. The SMILES string of the molecule is O[C@]1(c2ccccc2)CC[C@H]2[C@@H]1CC[C@]2(O)c1ccccc1. The molecule has 0 unspecified atom stereocenters. The zero-order valence-corrected chi connectivity index (χ0v) is 12.7. The van der Waals surface area contributed by atoms with Gasteiger partial charge in [-0.3, -0.25) is 0 Å². The van der Waals surface area contributed by atoms with Crippen LogP contribution in [0.1, 0.15) is 36.8 Å². The first-order valence-corrected chi connectivity index (χ1v) is 8.20. The molecule has 0 amide bonds. The Morgan fingerprint density at radius 1 is 0.636 bits per heavy atom. The Bertz CT molecular complexity index is 594. The van der Waals surface area contributed by atoms with E-state index in [1.165, 1.54) is 0 Å². The zero-order valence-electron chi connectivity index (χ0n) is 12.7. The van der Waals surface area contributed by atoms with Gasteiger partial charge in [-0.1, -0.05) is 60.7 Å². The molecule has 114 valence electrons. The fraction of sp³-hybridized carbons (Fsp3) is 0.400. The van der Waals surface area contributed by atoms with Gasteiger partial charge in [0.05, 0.1) is 11.2 Å². The normalized spacial score (nSPS) is 37.2. The summed E-state index contributed by atoms with van der Waals surface area (Å²) in [6, 6.07) is 20.0. The summed E-state index contributed by atoms with van der Waals surface area (Å²) >= 11 is 0. The maximum absolute atomic E-state index is 11.3. The molecule has 2 aromatic rings. The van der Waals surface area contributed by atoms with Crippen LogP contribution in [0.15, 0.2) is 60.7 Å². The van der Waals surface area contributed by atoms with Gasteiger partial charge in [-0.05, 0) is 48.6 Å². The van der Waals surface area contributed by atoms with E-state index in [0.29, 0.717) is 0 Å². The third-order valence-corrected chi connectivity index (χ3v) is 5.93. The van der Waals surface area contributed by atoms with Gasteiger partial charge in [0, 0.05) is 0 Å². The molecular weight excluding hydrogens is 272 g/mol.